The lowest BCUT2D eigenvalue weighted by Gasteiger charge is -2.02. The van der Waals surface area contributed by atoms with Crippen molar-refractivity contribution in [3.8, 4) is 11.6 Å². The molecule has 7 heteroatoms. The molecule has 0 saturated heterocycles. The van der Waals surface area contributed by atoms with Gasteiger partial charge in [-0.1, -0.05) is 0 Å². The number of nitro groups is 1. The van der Waals surface area contributed by atoms with Crippen LogP contribution < -0.4 is 4.74 Å². The molecule has 0 unspecified atom stereocenters. The van der Waals surface area contributed by atoms with Crippen molar-refractivity contribution in [3.05, 3.63) is 40.3 Å². The van der Waals surface area contributed by atoms with Gasteiger partial charge in [-0.05, 0) is 6.92 Å². The van der Waals surface area contributed by atoms with Gasteiger partial charge in [-0.3, -0.25) is 14.8 Å². The molecule has 2 aromatic heterocycles. The lowest BCUT2D eigenvalue weighted by molar-refractivity contribution is -0.385. The summed E-state index contributed by atoms with van der Waals surface area (Å²) in [5.41, 5.74) is 0.479. The zero-order valence-electron chi connectivity index (χ0n) is 9.32. The molecule has 0 aromatic carbocycles. The van der Waals surface area contributed by atoms with Gasteiger partial charge in [-0.25, -0.2) is 4.98 Å². The molecule has 2 aromatic rings. The van der Waals surface area contributed by atoms with Gasteiger partial charge in [0, 0.05) is 18.7 Å². The Balaban J connectivity index is 2.23. The SMILES string of the molecule is Cc1cc(Oc2cnn(C)c2)ncc1[N+](=O)[O-]. The third-order valence-corrected chi connectivity index (χ3v) is 2.16. The van der Waals surface area contributed by atoms with Gasteiger partial charge < -0.3 is 4.74 Å². The maximum absolute atomic E-state index is 10.6. The summed E-state index contributed by atoms with van der Waals surface area (Å²) in [6, 6.07) is 1.52. The average Bonchev–Trinajstić information content (AvgIpc) is 2.63. The fraction of sp³-hybridized carbons (Fsp3) is 0.200. The first kappa shape index (κ1) is 11.1. The van der Waals surface area contributed by atoms with Crippen molar-refractivity contribution in [2.24, 2.45) is 7.05 Å². The summed E-state index contributed by atoms with van der Waals surface area (Å²) >= 11 is 0. The number of nitrogens with zero attached hydrogens (tertiary/aromatic N) is 4. The number of ether oxygens (including phenoxy) is 1. The van der Waals surface area contributed by atoms with Gasteiger partial charge in [0.25, 0.3) is 5.69 Å². The van der Waals surface area contributed by atoms with E-state index < -0.39 is 4.92 Å². The van der Waals surface area contributed by atoms with Crippen LogP contribution >= 0.6 is 0 Å². The van der Waals surface area contributed by atoms with Gasteiger partial charge in [0.05, 0.1) is 17.3 Å². The molecule has 17 heavy (non-hydrogen) atoms. The zero-order valence-corrected chi connectivity index (χ0v) is 9.32. The monoisotopic (exact) mass is 234 g/mol. The molecule has 2 rings (SSSR count). The van der Waals surface area contributed by atoms with Crippen molar-refractivity contribution in [3.63, 3.8) is 0 Å². The number of rotatable bonds is 3. The Morgan fingerprint density at radius 2 is 2.24 bits per heavy atom. The zero-order chi connectivity index (χ0) is 12.4. The summed E-state index contributed by atoms with van der Waals surface area (Å²) in [5.74, 6) is 0.842. The van der Waals surface area contributed by atoms with Crippen LogP contribution in [0.5, 0.6) is 11.6 Å². The molecule has 0 spiro atoms. The van der Waals surface area contributed by atoms with E-state index in [0.717, 1.165) is 0 Å². The van der Waals surface area contributed by atoms with Gasteiger partial charge in [0.15, 0.2) is 5.75 Å². The number of aromatic nitrogens is 3. The molecule has 0 N–H and O–H groups in total. The molecular formula is C10H10N4O3. The Hall–Kier alpha value is -2.44. The summed E-state index contributed by atoms with van der Waals surface area (Å²) in [7, 11) is 1.77. The van der Waals surface area contributed by atoms with Gasteiger partial charge in [-0.15, -0.1) is 0 Å². The highest BCUT2D eigenvalue weighted by Gasteiger charge is 2.12. The normalized spacial score (nSPS) is 10.2. The highest BCUT2D eigenvalue weighted by molar-refractivity contribution is 5.40. The van der Waals surface area contributed by atoms with E-state index in [-0.39, 0.29) is 5.69 Å². The minimum Gasteiger partial charge on any atom is -0.436 e. The van der Waals surface area contributed by atoms with Crippen LogP contribution in [0.25, 0.3) is 0 Å². The third kappa shape index (κ3) is 2.39. The van der Waals surface area contributed by atoms with E-state index in [4.69, 9.17) is 4.74 Å². The molecule has 0 aliphatic carbocycles. The molecule has 0 radical (unpaired) electrons. The summed E-state index contributed by atoms with van der Waals surface area (Å²) in [6.07, 6.45) is 4.40. The quantitative estimate of drug-likeness (QED) is 0.597. The van der Waals surface area contributed by atoms with Crippen LogP contribution in [-0.2, 0) is 7.05 Å². The summed E-state index contributed by atoms with van der Waals surface area (Å²) in [6.45, 7) is 1.63. The number of aryl methyl sites for hydroxylation is 2. The van der Waals surface area contributed by atoms with Crippen LogP contribution in [-0.4, -0.2) is 19.7 Å². The number of pyridine rings is 1. The molecule has 88 valence electrons. The van der Waals surface area contributed by atoms with Gasteiger partial charge in [0.1, 0.15) is 6.20 Å². The van der Waals surface area contributed by atoms with Gasteiger partial charge in [-0.2, -0.15) is 5.10 Å². The van der Waals surface area contributed by atoms with Crippen molar-refractivity contribution in [1.29, 1.82) is 0 Å². The van der Waals surface area contributed by atoms with Crippen LogP contribution in [0.3, 0.4) is 0 Å². The van der Waals surface area contributed by atoms with Crippen molar-refractivity contribution < 1.29 is 9.66 Å². The first-order valence-corrected chi connectivity index (χ1v) is 4.84. The van der Waals surface area contributed by atoms with Gasteiger partial charge >= 0.3 is 0 Å². The Kier molecular flexibility index (Phi) is 2.73. The molecule has 0 amide bonds. The van der Waals surface area contributed by atoms with Crippen molar-refractivity contribution in [1.82, 2.24) is 14.8 Å². The molecule has 2 heterocycles. The molecule has 0 aliphatic heterocycles. The first-order chi connectivity index (χ1) is 8.06. The van der Waals surface area contributed by atoms with Crippen molar-refractivity contribution in [2.45, 2.75) is 6.92 Å². The standard InChI is InChI=1S/C10H10N4O3/c1-7-3-10(11-5-9(7)14(15)16)17-8-4-12-13(2)6-8/h3-6H,1-2H3. The summed E-state index contributed by atoms with van der Waals surface area (Å²) < 4.78 is 6.99. The molecule has 7 nitrogen and oxygen atoms in total. The highest BCUT2D eigenvalue weighted by Crippen LogP contribution is 2.23. The van der Waals surface area contributed by atoms with Crippen LogP contribution in [0.4, 0.5) is 5.69 Å². The lowest BCUT2D eigenvalue weighted by Crippen LogP contribution is -1.94. The maximum Gasteiger partial charge on any atom is 0.290 e. The lowest BCUT2D eigenvalue weighted by atomic mass is 10.2. The molecule has 0 fully saturated rings. The number of hydrogen-bond donors (Lipinski definition) is 0. The van der Waals surface area contributed by atoms with Crippen LogP contribution in [0, 0.1) is 17.0 Å². The molecule has 0 bridgehead atoms. The topological polar surface area (TPSA) is 83.1 Å². The summed E-state index contributed by atoms with van der Waals surface area (Å²) in [5, 5.41) is 14.5. The third-order valence-electron chi connectivity index (χ3n) is 2.16. The smallest absolute Gasteiger partial charge is 0.290 e. The average molecular weight is 234 g/mol. The maximum atomic E-state index is 10.6. The van der Waals surface area contributed by atoms with E-state index in [2.05, 4.69) is 10.1 Å². The fourth-order valence-electron chi connectivity index (χ4n) is 1.34. The van der Waals surface area contributed by atoms with E-state index in [0.29, 0.717) is 17.2 Å². The van der Waals surface area contributed by atoms with Crippen LogP contribution in [0.2, 0.25) is 0 Å². The van der Waals surface area contributed by atoms with Crippen LogP contribution in [0.1, 0.15) is 5.56 Å². The van der Waals surface area contributed by atoms with E-state index in [1.807, 2.05) is 0 Å². The molecule has 0 saturated carbocycles. The van der Waals surface area contributed by atoms with Crippen molar-refractivity contribution >= 4 is 5.69 Å². The highest BCUT2D eigenvalue weighted by atomic mass is 16.6. The second-order valence-corrected chi connectivity index (χ2v) is 3.52. The van der Waals surface area contributed by atoms with Gasteiger partial charge in [0.2, 0.25) is 5.88 Å². The van der Waals surface area contributed by atoms with Crippen molar-refractivity contribution in [2.75, 3.05) is 0 Å². The van der Waals surface area contributed by atoms with E-state index >= 15 is 0 Å². The predicted molar refractivity (Wildman–Crippen MR) is 58.9 cm³/mol. The Morgan fingerprint density at radius 1 is 1.47 bits per heavy atom. The Morgan fingerprint density at radius 3 is 2.76 bits per heavy atom. The minimum absolute atomic E-state index is 0.0245. The molecule has 0 atom stereocenters. The molecular weight excluding hydrogens is 224 g/mol. The molecule has 0 aliphatic rings. The largest absolute Gasteiger partial charge is 0.436 e. The minimum atomic E-state index is -0.476. The summed E-state index contributed by atoms with van der Waals surface area (Å²) in [4.78, 5) is 14.0. The second kappa shape index (κ2) is 4.20. The van der Waals surface area contributed by atoms with Crippen LogP contribution in [0.15, 0.2) is 24.7 Å². The van der Waals surface area contributed by atoms with E-state index in [1.165, 1.54) is 12.3 Å². The predicted octanol–water partition coefficient (Wildman–Crippen LogP) is 1.82. The Bertz CT molecular complexity index is 564. The number of hydrogen-bond acceptors (Lipinski definition) is 5. The first-order valence-electron chi connectivity index (χ1n) is 4.84. The Labute approximate surface area is 96.8 Å². The van der Waals surface area contributed by atoms with E-state index in [9.17, 15) is 10.1 Å². The second-order valence-electron chi connectivity index (χ2n) is 3.52. The fourth-order valence-corrected chi connectivity index (χ4v) is 1.34. The van der Waals surface area contributed by atoms with E-state index in [1.54, 1.807) is 31.0 Å².